The average molecular weight is 1180 g/mol. The Hall–Kier alpha value is -7.11. The van der Waals surface area contributed by atoms with Crippen LogP contribution in [-0.2, 0) is 19.5 Å². The Morgan fingerprint density at radius 1 is 0.871 bits per heavy atom. The quantitative estimate of drug-likeness (QED) is 0.0727. The minimum Gasteiger partial charge on any atom is -0.491 e. The molecule has 2 saturated carbocycles. The predicted molar refractivity (Wildman–Crippen MR) is 315 cm³/mol. The zero-order chi connectivity index (χ0) is 58.3. The number of piperidine rings is 1. The molecule has 2 aromatic heterocycles. The summed E-state index contributed by atoms with van der Waals surface area (Å²) in [4.78, 5) is 44.2. The number of fused-ring (bicyclic) bond motifs is 4. The van der Waals surface area contributed by atoms with E-state index in [2.05, 4.69) is 66.7 Å². The lowest BCUT2D eigenvalue weighted by molar-refractivity contribution is -0.384. The number of rotatable bonds is 13. The van der Waals surface area contributed by atoms with E-state index in [4.69, 9.17) is 28.7 Å². The minimum absolute atomic E-state index is 0.00368. The average Bonchev–Trinajstić information content (AvgIpc) is 2.04. The van der Waals surface area contributed by atoms with Crippen LogP contribution in [0.15, 0.2) is 96.0 Å². The first-order chi connectivity index (χ1) is 41.2. The predicted octanol–water partition coefficient (Wildman–Crippen LogP) is 10.00. The number of amides is 1. The van der Waals surface area contributed by atoms with Crippen molar-refractivity contribution in [1.29, 1.82) is 0 Å². The Balaban J connectivity index is 0.732. The van der Waals surface area contributed by atoms with Gasteiger partial charge in [0.1, 0.15) is 29.8 Å². The van der Waals surface area contributed by atoms with Crippen LogP contribution in [0.1, 0.15) is 105 Å². The van der Waals surface area contributed by atoms with E-state index in [1.807, 2.05) is 30.3 Å². The number of H-pyrrole nitrogens is 1. The second kappa shape index (κ2) is 22.3. The van der Waals surface area contributed by atoms with E-state index in [1.165, 1.54) is 23.8 Å². The summed E-state index contributed by atoms with van der Waals surface area (Å²) in [5.74, 6) is -1.00. The zero-order valence-corrected chi connectivity index (χ0v) is 48.5. The third kappa shape index (κ3) is 10.5. The second-order valence-electron chi connectivity index (χ2n) is 24.8. The topological polar surface area (TPSA) is 206 Å². The molecule has 19 nitrogen and oxygen atoms in total. The Morgan fingerprint density at radius 2 is 1.68 bits per heavy atom. The fourth-order valence-corrected chi connectivity index (χ4v) is 16.0. The van der Waals surface area contributed by atoms with Gasteiger partial charge in [-0.3, -0.25) is 24.7 Å². The summed E-state index contributed by atoms with van der Waals surface area (Å²) < 4.78 is 90.4. The van der Waals surface area contributed by atoms with Gasteiger partial charge >= 0.3 is 0 Å². The van der Waals surface area contributed by atoms with Gasteiger partial charge in [-0.2, -0.15) is 4.98 Å². The van der Waals surface area contributed by atoms with Gasteiger partial charge in [0.25, 0.3) is 21.6 Å². The number of carbonyl (C=O) groups is 1. The summed E-state index contributed by atoms with van der Waals surface area (Å²) in [6.45, 7) is 10.2. The number of halogens is 2. The van der Waals surface area contributed by atoms with Gasteiger partial charge in [0, 0.05) is 99.6 Å². The molecule has 1 amide bonds. The van der Waals surface area contributed by atoms with Crippen molar-refractivity contribution >= 4 is 55.4 Å². The summed E-state index contributed by atoms with van der Waals surface area (Å²) in [5, 5.41) is 16.7. The summed E-state index contributed by atoms with van der Waals surface area (Å²) in [6, 6.07) is 24.5. The Kier molecular flexibility index (Phi) is 14.6. The Bertz CT molecular complexity index is 3660. The fraction of sp³-hybridized carbons (Fsp3) is 0.492. The number of nitro benzene ring substituents is 1. The number of nitrogens with zero attached hydrogens (tertiary/aromatic N) is 6. The molecule has 6 aliphatic heterocycles. The lowest BCUT2D eigenvalue weighted by atomic mass is 9.59. The highest BCUT2D eigenvalue weighted by Crippen LogP contribution is 2.55. The summed E-state index contributed by atoms with van der Waals surface area (Å²) in [7, 11) is -4.74. The zero-order valence-electron chi connectivity index (χ0n) is 47.7. The Morgan fingerprint density at radius 3 is 2.46 bits per heavy atom. The third-order valence-corrected chi connectivity index (χ3v) is 20.9. The summed E-state index contributed by atoms with van der Waals surface area (Å²) >= 11 is 0. The number of hydrogen-bond acceptors (Lipinski definition) is 16. The van der Waals surface area contributed by atoms with Crippen LogP contribution in [-0.4, -0.2) is 141 Å². The molecule has 0 unspecified atom stereocenters. The van der Waals surface area contributed by atoms with Crippen LogP contribution in [0.2, 0.25) is 0 Å². The number of para-hydroxylation sites is 1. The van der Waals surface area contributed by atoms with E-state index in [9.17, 15) is 32.1 Å². The van der Waals surface area contributed by atoms with Crippen molar-refractivity contribution in [2.45, 2.75) is 125 Å². The molecule has 0 bridgehead atoms. The number of nitrogens with one attached hydrogen (secondary N) is 3. The number of aromatic nitrogens is 2. The van der Waals surface area contributed by atoms with Crippen LogP contribution in [0.5, 0.6) is 17.4 Å². The van der Waals surface area contributed by atoms with Crippen LogP contribution >= 0.6 is 0 Å². The van der Waals surface area contributed by atoms with Crippen LogP contribution in [0.4, 0.5) is 37.2 Å². The number of aromatic amines is 1. The molecule has 14 rings (SSSR count). The highest BCUT2D eigenvalue weighted by molar-refractivity contribution is 7.90. The first-order valence-corrected chi connectivity index (χ1v) is 31.6. The molecule has 8 aliphatic rings. The molecule has 6 aromatic rings. The molecular formula is C63H71F2N9O10S. The molecule has 8 heterocycles. The van der Waals surface area contributed by atoms with Crippen molar-refractivity contribution < 1.29 is 50.6 Å². The van der Waals surface area contributed by atoms with Gasteiger partial charge in [0.05, 0.1) is 51.9 Å². The van der Waals surface area contributed by atoms with Gasteiger partial charge in [0.2, 0.25) is 5.88 Å². The van der Waals surface area contributed by atoms with Crippen molar-refractivity contribution in [3.63, 3.8) is 0 Å². The molecule has 4 saturated heterocycles. The second-order valence-corrected chi connectivity index (χ2v) is 26.5. The lowest BCUT2D eigenvalue weighted by Crippen LogP contribution is -2.62. The number of hydrogen-bond donors (Lipinski definition) is 3. The smallest absolute Gasteiger partial charge is 0.297 e. The highest BCUT2D eigenvalue weighted by Gasteiger charge is 2.52. The number of carbonyl (C=O) groups excluding carboxylic acids is 1. The van der Waals surface area contributed by atoms with Gasteiger partial charge < -0.3 is 43.8 Å². The maximum atomic E-state index is 15.0. The summed E-state index contributed by atoms with van der Waals surface area (Å²) in [6.07, 6.45) is 9.32. The fourth-order valence-electron chi connectivity index (χ4n) is 15.0. The first-order valence-electron chi connectivity index (χ1n) is 30.1. The van der Waals surface area contributed by atoms with E-state index in [1.54, 1.807) is 18.3 Å². The molecule has 448 valence electrons. The normalized spacial score (nSPS) is 25.4. The standard InChI is InChI=1S/C63H71F2N9O10S/c1-37(2)83-56-6-4-3-5-45(56)55-34-71(50-12-10-44(50)39-7-11-47(64)48(65)27-39)22-23-72(55)42-32-63(33-42)17-20-70(21-18-63)41-8-9-46(52(29-41)73-51-16-26-81-36-58(51)84-62-54(73)28-40-13-19-66-60(40)68-62)61(75)69-85(78,79)43-30-53(74(76)77)59-57(31-43)82-35-49(67-59)38-14-24-80-25-15-38/h3-9,11,13,19,27-31,37-38,42,44,49-51,55,58,67H,10,12,14-18,20-26,32-36H2,1-2H3,(H,66,68)(H,69,75)/t44-,49+,50+,51+,55+,58+/m1/s1. The molecule has 3 N–H and O–H groups in total. The molecule has 85 heavy (non-hydrogen) atoms. The number of sulfonamides is 1. The van der Waals surface area contributed by atoms with E-state index in [0.29, 0.717) is 55.2 Å². The van der Waals surface area contributed by atoms with E-state index in [0.717, 1.165) is 113 Å². The van der Waals surface area contributed by atoms with Gasteiger partial charge in [0.15, 0.2) is 23.1 Å². The van der Waals surface area contributed by atoms with Gasteiger partial charge in [-0.15, -0.1) is 0 Å². The minimum atomic E-state index is -4.74. The molecule has 22 heteroatoms. The molecule has 4 aromatic carbocycles. The molecular weight excluding hydrogens is 1110 g/mol. The molecule has 6 atom stereocenters. The number of nitro groups is 1. The maximum Gasteiger partial charge on any atom is 0.297 e. The van der Waals surface area contributed by atoms with Gasteiger partial charge in [-0.25, -0.2) is 21.9 Å². The van der Waals surface area contributed by atoms with Crippen molar-refractivity contribution in [1.82, 2.24) is 24.5 Å². The summed E-state index contributed by atoms with van der Waals surface area (Å²) in [5.41, 5.74) is 4.42. The van der Waals surface area contributed by atoms with Crippen molar-refractivity contribution in [3.05, 3.63) is 130 Å². The lowest BCUT2D eigenvalue weighted by Gasteiger charge is -2.59. The largest absolute Gasteiger partial charge is 0.491 e. The Labute approximate surface area is 492 Å². The van der Waals surface area contributed by atoms with Crippen molar-refractivity contribution in [2.24, 2.45) is 11.3 Å². The van der Waals surface area contributed by atoms with Crippen LogP contribution in [0.3, 0.4) is 0 Å². The molecule has 6 fully saturated rings. The van der Waals surface area contributed by atoms with Gasteiger partial charge in [-0.1, -0.05) is 24.3 Å². The van der Waals surface area contributed by atoms with Crippen molar-refractivity contribution in [2.75, 3.05) is 80.9 Å². The number of anilines is 4. The maximum absolute atomic E-state index is 15.0. The number of benzene rings is 4. The number of ether oxygens (including phenoxy) is 5. The van der Waals surface area contributed by atoms with Crippen LogP contribution in [0.25, 0.3) is 11.0 Å². The van der Waals surface area contributed by atoms with Crippen molar-refractivity contribution in [3.8, 4) is 17.4 Å². The van der Waals surface area contributed by atoms with E-state index < -0.39 is 49.2 Å². The SMILES string of the molecule is CC(C)Oc1ccccc1[C@@H]1CN([C@H]2CC[C@@H]2c2ccc(F)c(F)c2)CCN1C1CC2(CCN(c3ccc(C(=O)NS(=O)(=O)c4cc5c(c([N+](=O)[O-])c4)N[C@H](C4CCOCC4)CO5)c(N4c5cc6cc[nH]c6nc5O[C@H]5COCC[C@@H]54)c3)CC2)C1. The first kappa shape index (κ1) is 55.7. The monoisotopic (exact) mass is 1180 g/mol. The van der Waals surface area contributed by atoms with E-state index in [-0.39, 0.29) is 77.7 Å². The van der Waals surface area contributed by atoms with Gasteiger partial charge in [-0.05, 0) is 143 Å². The molecule has 2 aliphatic carbocycles. The molecule has 1 spiro atoms. The van der Waals surface area contributed by atoms with Crippen LogP contribution in [0, 0.1) is 33.1 Å². The van der Waals surface area contributed by atoms with E-state index >= 15 is 0 Å². The number of pyridine rings is 1. The highest BCUT2D eigenvalue weighted by atomic mass is 32.2. The molecule has 0 radical (unpaired) electrons. The third-order valence-electron chi connectivity index (χ3n) is 19.6. The van der Waals surface area contributed by atoms with Crippen LogP contribution < -0.4 is 34.0 Å². The number of piperazine rings is 1.